The van der Waals surface area contributed by atoms with Gasteiger partial charge in [-0.2, -0.15) is 5.06 Å². The Labute approximate surface area is 327 Å². The van der Waals surface area contributed by atoms with Crippen molar-refractivity contribution in [1.82, 2.24) is 15.7 Å². The number of aliphatic hydroxyl groups excluding tert-OH is 1. The first-order valence-electron chi connectivity index (χ1n) is 19.4. The number of hydrogen-bond acceptors (Lipinski definition) is 11. The van der Waals surface area contributed by atoms with Crippen LogP contribution in [0, 0.1) is 8.99 Å². The summed E-state index contributed by atoms with van der Waals surface area (Å²) in [5.41, 5.74) is -1.05. The maximum Gasteiger partial charge on any atom is 0.327 e. The SMILES string of the molecule is CCCCCC1(CCCCC)O[C@@H]2[C@H](O1)[C@H]1ON(Cc3ccccc3I)[C@H]3C(=O)O[C@@H]2C[C@@]13C(=O)NCCC(=O)N[C@H](CO)CCC(=O)OC(C)(C)C. The van der Waals surface area contributed by atoms with E-state index in [-0.39, 0.29) is 45.4 Å². The molecule has 0 radical (unpaired) electrons. The fourth-order valence-electron chi connectivity index (χ4n) is 8.14. The van der Waals surface area contributed by atoms with Gasteiger partial charge in [-0.1, -0.05) is 57.7 Å². The summed E-state index contributed by atoms with van der Waals surface area (Å²) in [5.74, 6) is -2.64. The zero-order valence-corrected chi connectivity index (χ0v) is 34.0. The highest BCUT2D eigenvalue weighted by Gasteiger charge is 2.76. The summed E-state index contributed by atoms with van der Waals surface area (Å²) in [6.45, 7) is 9.51. The van der Waals surface area contributed by atoms with Gasteiger partial charge in [-0.05, 0) is 74.3 Å². The van der Waals surface area contributed by atoms with Crippen molar-refractivity contribution in [3.05, 3.63) is 33.4 Å². The normalized spacial score (nSPS) is 27.8. The number of nitrogens with zero attached hydrogens (tertiary/aromatic N) is 1. The lowest BCUT2D eigenvalue weighted by Gasteiger charge is -2.48. The quantitative estimate of drug-likeness (QED) is 0.0993. The number of fused-ring (bicyclic) bond motifs is 4. The van der Waals surface area contributed by atoms with Crippen LogP contribution in [0.15, 0.2) is 24.3 Å². The molecule has 1 saturated carbocycles. The topological polar surface area (TPSA) is 162 Å². The molecule has 3 N–H and O–H groups in total. The molecule has 3 heterocycles. The number of unbranched alkanes of at least 4 members (excludes halogenated alkanes) is 4. The van der Waals surface area contributed by atoms with Gasteiger partial charge in [0.1, 0.15) is 35.4 Å². The smallest absolute Gasteiger partial charge is 0.327 e. The molecule has 0 aromatic heterocycles. The maximum absolute atomic E-state index is 14.6. The molecule has 3 saturated heterocycles. The molecule has 1 aromatic carbocycles. The summed E-state index contributed by atoms with van der Waals surface area (Å²) >= 11 is 2.25. The number of rotatable bonds is 19. The van der Waals surface area contributed by atoms with E-state index in [1.807, 2.05) is 24.3 Å². The average molecular weight is 856 g/mol. The minimum atomic E-state index is -1.36. The Morgan fingerprint density at radius 2 is 1.72 bits per heavy atom. The Bertz CT molecular complexity index is 1440. The largest absolute Gasteiger partial charge is 0.460 e. The molecule has 7 atom stereocenters. The predicted molar refractivity (Wildman–Crippen MR) is 203 cm³/mol. The van der Waals surface area contributed by atoms with E-state index in [4.69, 9.17) is 23.8 Å². The fourth-order valence-corrected chi connectivity index (χ4v) is 8.70. The first-order valence-corrected chi connectivity index (χ1v) is 20.5. The van der Waals surface area contributed by atoms with Crippen LogP contribution in [0.1, 0.15) is 117 Å². The Hall–Kier alpha value is -2.37. The van der Waals surface area contributed by atoms with Gasteiger partial charge in [0.25, 0.3) is 0 Å². The van der Waals surface area contributed by atoms with Crippen molar-refractivity contribution < 1.29 is 48.1 Å². The second-order valence-corrected chi connectivity index (χ2v) is 17.0. The van der Waals surface area contributed by atoms with Crippen LogP contribution in [0.2, 0.25) is 0 Å². The van der Waals surface area contributed by atoms with Crippen molar-refractivity contribution >= 4 is 46.3 Å². The number of carbonyl (C=O) groups is 4. The van der Waals surface area contributed by atoms with Crippen LogP contribution in [0.5, 0.6) is 0 Å². The van der Waals surface area contributed by atoms with Gasteiger partial charge in [-0.25, -0.2) is 0 Å². The molecule has 4 fully saturated rings. The van der Waals surface area contributed by atoms with Gasteiger partial charge in [0, 0.05) is 42.2 Å². The van der Waals surface area contributed by atoms with Crippen LogP contribution in [0.3, 0.4) is 0 Å². The lowest BCUT2D eigenvalue weighted by atomic mass is 9.62. The Morgan fingerprint density at radius 1 is 1.04 bits per heavy atom. The van der Waals surface area contributed by atoms with Gasteiger partial charge in [-0.3, -0.25) is 24.0 Å². The number of halogens is 1. The summed E-state index contributed by atoms with van der Waals surface area (Å²) in [5, 5.41) is 17.1. The van der Waals surface area contributed by atoms with E-state index in [0.717, 1.165) is 47.7 Å². The highest BCUT2D eigenvalue weighted by atomic mass is 127. The Balaban J connectivity index is 1.34. The molecule has 1 aromatic rings. The van der Waals surface area contributed by atoms with Crippen LogP contribution in [-0.4, -0.2) is 95.0 Å². The second kappa shape index (κ2) is 18.1. The maximum atomic E-state index is 14.6. The highest BCUT2D eigenvalue weighted by molar-refractivity contribution is 14.1. The van der Waals surface area contributed by atoms with Gasteiger partial charge in [-0.15, -0.1) is 0 Å². The molecule has 296 valence electrons. The molecule has 0 spiro atoms. The average Bonchev–Trinajstić information content (AvgIpc) is 3.65. The van der Waals surface area contributed by atoms with E-state index < -0.39 is 77.1 Å². The molecular formula is C39H58IN3O10. The monoisotopic (exact) mass is 855 g/mol. The van der Waals surface area contributed by atoms with Crippen molar-refractivity contribution in [3.63, 3.8) is 0 Å². The molecule has 4 aliphatic rings. The molecule has 13 nitrogen and oxygen atoms in total. The zero-order chi connectivity index (χ0) is 38.4. The molecule has 53 heavy (non-hydrogen) atoms. The summed E-state index contributed by atoms with van der Waals surface area (Å²) < 4.78 is 26.2. The number of ether oxygens (including phenoxy) is 4. The number of hydroxylamine groups is 2. The third-order valence-corrected chi connectivity index (χ3v) is 11.7. The van der Waals surface area contributed by atoms with E-state index in [0.29, 0.717) is 12.8 Å². The van der Waals surface area contributed by atoms with Crippen LogP contribution in [0.25, 0.3) is 0 Å². The number of benzene rings is 1. The van der Waals surface area contributed by atoms with Crippen LogP contribution in [0.4, 0.5) is 0 Å². The third-order valence-electron chi connectivity index (χ3n) is 10.6. The van der Waals surface area contributed by atoms with Crippen molar-refractivity contribution in [2.75, 3.05) is 13.2 Å². The Kier molecular flexibility index (Phi) is 14.2. The van der Waals surface area contributed by atoms with E-state index in [1.165, 1.54) is 0 Å². The van der Waals surface area contributed by atoms with E-state index in [9.17, 15) is 24.3 Å². The van der Waals surface area contributed by atoms with E-state index >= 15 is 0 Å². The van der Waals surface area contributed by atoms with E-state index in [1.54, 1.807) is 25.8 Å². The fraction of sp³-hybridized carbons (Fsp3) is 0.744. The van der Waals surface area contributed by atoms with Gasteiger partial charge < -0.3 is 34.7 Å². The van der Waals surface area contributed by atoms with Crippen molar-refractivity contribution in [2.24, 2.45) is 5.41 Å². The Morgan fingerprint density at radius 3 is 2.36 bits per heavy atom. The highest BCUT2D eigenvalue weighted by Crippen LogP contribution is 2.58. The van der Waals surface area contributed by atoms with E-state index in [2.05, 4.69) is 47.1 Å². The van der Waals surface area contributed by atoms with Crippen molar-refractivity contribution in [1.29, 1.82) is 0 Å². The minimum absolute atomic E-state index is 0.0181. The number of hydrogen-bond donors (Lipinski definition) is 3. The second-order valence-electron chi connectivity index (χ2n) is 15.9. The summed E-state index contributed by atoms with van der Waals surface area (Å²) in [6.07, 6.45) is 4.97. The van der Waals surface area contributed by atoms with Gasteiger partial charge in [0.2, 0.25) is 11.8 Å². The summed E-state index contributed by atoms with van der Waals surface area (Å²) in [4.78, 5) is 60.4. The molecule has 1 aliphatic carbocycles. The molecule has 3 aliphatic heterocycles. The zero-order valence-electron chi connectivity index (χ0n) is 31.8. The summed E-state index contributed by atoms with van der Waals surface area (Å²) in [6, 6.07) is 6.11. The van der Waals surface area contributed by atoms with Crippen LogP contribution < -0.4 is 10.6 Å². The third kappa shape index (κ3) is 9.72. The summed E-state index contributed by atoms with van der Waals surface area (Å²) in [7, 11) is 0. The van der Waals surface area contributed by atoms with Crippen LogP contribution >= 0.6 is 22.6 Å². The molecule has 2 bridgehead atoms. The number of aliphatic hydroxyl groups is 1. The van der Waals surface area contributed by atoms with Gasteiger partial charge in [0.05, 0.1) is 19.2 Å². The molecule has 5 rings (SSSR count). The standard InChI is InChI=1S/C39H58IN3O10/c1-6-8-12-19-38(20-13-9-7-2)51-31-28-22-39(36(48)41-21-18-29(45)42-26(24-44)16-17-30(46)50-37(3,4)5)33(35(47)49-28)43(53-34(39)32(31)52-38)23-25-14-10-11-15-27(25)40/h10-11,14-15,26,28,31-34,44H,6-9,12-13,16-24H2,1-5H3,(H,41,48)(H,42,45)/t26-,28+,31-,32-,33-,34+,39-/m0/s1. The number of amides is 2. The van der Waals surface area contributed by atoms with Crippen LogP contribution in [-0.2, 0) is 49.5 Å². The molecule has 2 amide bonds. The lowest BCUT2D eigenvalue weighted by Crippen LogP contribution is -2.69. The lowest BCUT2D eigenvalue weighted by molar-refractivity contribution is -0.224. The predicted octanol–water partition coefficient (Wildman–Crippen LogP) is 4.84. The first kappa shape index (κ1) is 41.8. The number of nitrogens with one attached hydrogen (secondary N) is 2. The number of carbonyl (C=O) groups excluding carboxylic acids is 4. The van der Waals surface area contributed by atoms with Crippen molar-refractivity contribution in [3.8, 4) is 0 Å². The van der Waals surface area contributed by atoms with Gasteiger partial charge >= 0.3 is 11.9 Å². The minimum Gasteiger partial charge on any atom is -0.460 e. The molecule has 14 heteroatoms. The van der Waals surface area contributed by atoms with Crippen molar-refractivity contribution in [2.45, 2.75) is 166 Å². The molecule has 0 unspecified atom stereocenters. The van der Waals surface area contributed by atoms with Gasteiger partial charge in [0.15, 0.2) is 11.8 Å². The molecular weight excluding hydrogens is 797 g/mol. The first-order chi connectivity index (χ1) is 25.3. The number of esters is 2.